The van der Waals surface area contributed by atoms with Gasteiger partial charge in [-0.15, -0.1) is 0 Å². The molecular formula is C12H18N2O3. The van der Waals surface area contributed by atoms with E-state index in [0.717, 1.165) is 6.42 Å². The molecule has 17 heavy (non-hydrogen) atoms. The molecule has 1 aromatic heterocycles. The number of hydrogen-bond donors (Lipinski definition) is 2. The van der Waals surface area contributed by atoms with Crippen molar-refractivity contribution in [3.63, 3.8) is 0 Å². The summed E-state index contributed by atoms with van der Waals surface area (Å²) < 4.78 is 5.11. The quantitative estimate of drug-likeness (QED) is 0.846. The molecule has 5 heteroatoms. The molecule has 0 spiro atoms. The molecule has 2 rings (SSSR count). The zero-order valence-corrected chi connectivity index (χ0v) is 10.1. The molecule has 1 aliphatic rings. The van der Waals surface area contributed by atoms with Crippen LogP contribution in [0.1, 0.15) is 43.6 Å². The van der Waals surface area contributed by atoms with Crippen LogP contribution in [0.3, 0.4) is 0 Å². The van der Waals surface area contributed by atoms with Gasteiger partial charge in [0.1, 0.15) is 6.26 Å². The normalized spacial score (nSPS) is 28.9. The van der Waals surface area contributed by atoms with E-state index in [0.29, 0.717) is 23.9 Å². The van der Waals surface area contributed by atoms with Gasteiger partial charge in [0.15, 0.2) is 5.69 Å². The Labute approximate surface area is 100 Å². The van der Waals surface area contributed by atoms with Crippen LogP contribution < -0.4 is 5.32 Å². The lowest BCUT2D eigenvalue weighted by atomic mass is 9.78. The molecule has 1 aromatic rings. The Kier molecular flexibility index (Phi) is 3.36. The van der Waals surface area contributed by atoms with E-state index in [2.05, 4.69) is 24.1 Å². The van der Waals surface area contributed by atoms with Crippen LogP contribution in [0.2, 0.25) is 0 Å². The second kappa shape index (κ2) is 4.77. The molecule has 94 valence electrons. The highest BCUT2D eigenvalue weighted by atomic mass is 16.4. The lowest BCUT2D eigenvalue weighted by Crippen LogP contribution is -2.35. The second-order valence-corrected chi connectivity index (χ2v) is 4.86. The number of nitrogens with one attached hydrogen (secondary N) is 1. The van der Waals surface area contributed by atoms with Crippen LogP contribution in [0.5, 0.6) is 0 Å². The number of carboxylic acid groups (broad SMARTS) is 1. The average molecular weight is 238 g/mol. The molecule has 0 aliphatic heterocycles. The monoisotopic (exact) mass is 238 g/mol. The topological polar surface area (TPSA) is 75.4 Å². The Morgan fingerprint density at radius 3 is 2.94 bits per heavy atom. The summed E-state index contributed by atoms with van der Waals surface area (Å²) in [6.45, 7) is 4.46. The maximum Gasteiger partial charge on any atom is 0.357 e. The van der Waals surface area contributed by atoms with Crippen molar-refractivity contribution in [1.82, 2.24) is 4.98 Å². The fourth-order valence-corrected chi connectivity index (χ4v) is 2.38. The maximum absolute atomic E-state index is 10.7. The summed E-state index contributed by atoms with van der Waals surface area (Å²) in [5.41, 5.74) is -0.0518. The van der Waals surface area contributed by atoms with Crippen molar-refractivity contribution in [3.8, 4) is 0 Å². The Bertz CT molecular complexity index is 402. The number of rotatable bonds is 3. The first-order valence-corrected chi connectivity index (χ1v) is 6.03. The lowest BCUT2D eigenvalue weighted by Gasteiger charge is -2.34. The first-order chi connectivity index (χ1) is 8.08. The number of anilines is 1. The molecule has 3 unspecified atom stereocenters. The summed E-state index contributed by atoms with van der Waals surface area (Å²) in [6, 6.07) is 0.632. The zero-order chi connectivity index (χ0) is 12.4. The third kappa shape index (κ3) is 2.60. The highest BCUT2D eigenvalue weighted by molar-refractivity contribution is 5.85. The molecule has 2 N–H and O–H groups in total. The predicted molar refractivity (Wildman–Crippen MR) is 63.1 cm³/mol. The van der Waals surface area contributed by atoms with Gasteiger partial charge in [-0.1, -0.05) is 26.7 Å². The smallest absolute Gasteiger partial charge is 0.357 e. The highest BCUT2D eigenvalue weighted by Gasteiger charge is 2.28. The summed E-state index contributed by atoms with van der Waals surface area (Å²) >= 11 is 0. The molecule has 0 amide bonds. The number of nitrogens with zero attached hydrogens (tertiary/aromatic N) is 1. The van der Waals surface area contributed by atoms with Gasteiger partial charge in [0.05, 0.1) is 0 Å². The Morgan fingerprint density at radius 1 is 1.53 bits per heavy atom. The molecule has 0 radical (unpaired) electrons. The molecule has 5 nitrogen and oxygen atoms in total. The van der Waals surface area contributed by atoms with Gasteiger partial charge >= 0.3 is 5.97 Å². The van der Waals surface area contributed by atoms with Crippen LogP contribution >= 0.6 is 0 Å². The van der Waals surface area contributed by atoms with Crippen LogP contribution in [-0.4, -0.2) is 22.1 Å². The SMILES string of the molecule is CC1CCCC(Nc2nc(C(=O)O)co2)C1C. The van der Waals surface area contributed by atoms with Gasteiger partial charge in [-0.05, 0) is 18.3 Å². The fourth-order valence-electron chi connectivity index (χ4n) is 2.38. The van der Waals surface area contributed by atoms with Crippen molar-refractivity contribution < 1.29 is 14.3 Å². The Morgan fingerprint density at radius 2 is 2.29 bits per heavy atom. The van der Waals surface area contributed by atoms with E-state index in [1.165, 1.54) is 19.1 Å². The summed E-state index contributed by atoms with van der Waals surface area (Å²) in [5, 5.41) is 11.9. The number of carbonyl (C=O) groups is 1. The molecule has 1 heterocycles. The van der Waals surface area contributed by atoms with Crippen molar-refractivity contribution in [3.05, 3.63) is 12.0 Å². The van der Waals surface area contributed by atoms with Crippen molar-refractivity contribution >= 4 is 12.0 Å². The highest BCUT2D eigenvalue weighted by Crippen LogP contribution is 2.31. The summed E-state index contributed by atoms with van der Waals surface area (Å²) in [7, 11) is 0. The predicted octanol–water partition coefficient (Wildman–Crippen LogP) is 2.61. The molecule has 0 bridgehead atoms. The summed E-state index contributed by atoms with van der Waals surface area (Å²) in [6.07, 6.45) is 4.69. The van der Waals surface area contributed by atoms with Crippen LogP contribution in [0.15, 0.2) is 10.7 Å². The minimum atomic E-state index is -1.06. The van der Waals surface area contributed by atoms with Gasteiger partial charge in [-0.3, -0.25) is 0 Å². The average Bonchev–Trinajstić information content (AvgIpc) is 2.73. The van der Waals surface area contributed by atoms with Gasteiger partial charge in [0.25, 0.3) is 6.01 Å². The number of carboxylic acids is 1. The second-order valence-electron chi connectivity index (χ2n) is 4.86. The van der Waals surface area contributed by atoms with Crippen LogP contribution in [0.4, 0.5) is 6.01 Å². The number of hydrogen-bond acceptors (Lipinski definition) is 4. The largest absolute Gasteiger partial charge is 0.476 e. The zero-order valence-electron chi connectivity index (χ0n) is 10.1. The number of oxazole rings is 1. The first kappa shape index (κ1) is 12.0. The minimum Gasteiger partial charge on any atom is -0.476 e. The Balaban J connectivity index is 2.01. The molecule has 3 atom stereocenters. The number of aromatic nitrogens is 1. The molecule has 0 aromatic carbocycles. The van der Waals surface area contributed by atoms with Crippen molar-refractivity contribution in [2.75, 3.05) is 5.32 Å². The van der Waals surface area contributed by atoms with Gasteiger partial charge in [-0.25, -0.2) is 4.79 Å². The lowest BCUT2D eigenvalue weighted by molar-refractivity contribution is 0.0690. The van der Waals surface area contributed by atoms with Gasteiger partial charge in [0, 0.05) is 6.04 Å². The van der Waals surface area contributed by atoms with Gasteiger partial charge in [-0.2, -0.15) is 4.98 Å². The van der Waals surface area contributed by atoms with Crippen molar-refractivity contribution in [2.45, 2.75) is 39.2 Å². The van der Waals surface area contributed by atoms with E-state index in [9.17, 15) is 4.79 Å². The third-order valence-electron chi connectivity index (χ3n) is 3.74. The first-order valence-electron chi connectivity index (χ1n) is 6.03. The van der Waals surface area contributed by atoms with E-state index in [-0.39, 0.29) is 5.69 Å². The van der Waals surface area contributed by atoms with E-state index < -0.39 is 5.97 Å². The maximum atomic E-state index is 10.7. The molecule has 1 saturated carbocycles. The number of aromatic carboxylic acids is 1. The summed E-state index contributed by atoms with van der Waals surface area (Å²) in [4.78, 5) is 14.6. The molecule has 0 saturated heterocycles. The van der Waals surface area contributed by atoms with Crippen LogP contribution in [-0.2, 0) is 0 Å². The minimum absolute atomic E-state index is 0.0518. The molecule has 1 aliphatic carbocycles. The van der Waals surface area contributed by atoms with E-state index in [1.54, 1.807) is 0 Å². The molecular weight excluding hydrogens is 220 g/mol. The van der Waals surface area contributed by atoms with Gasteiger partial charge in [0.2, 0.25) is 0 Å². The van der Waals surface area contributed by atoms with E-state index in [1.807, 2.05) is 0 Å². The fraction of sp³-hybridized carbons (Fsp3) is 0.667. The van der Waals surface area contributed by atoms with E-state index in [4.69, 9.17) is 9.52 Å². The Hall–Kier alpha value is -1.52. The third-order valence-corrected chi connectivity index (χ3v) is 3.74. The van der Waals surface area contributed by atoms with Crippen molar-refractivity contribution in [2.24, 2.45) is 11.8 Å². The van der Waals surface area contributed by atoms with E-state index >= 15 is 0 Å². The summed E-state index contributed by atoms with van der Waals surface area (Å²) in [5.74, 6) is 0.158. The van der Waals surface area contributed by atoms with Crippen LogP contribution in [0.25, 0.3) is 0 Å². The van der Waals surface area contributed by atoms with Gasteiger partial charge < -0.3 is 14.8 Å². The standard InChI is InChI=1S/C12H18N2O3/c1-7-4-3-5-9(8(7)2)13-12-14-10(6-17-12)11(15)16/h6-9H,3-5H2,1-2H3,(H,13,14)(H,15,16). The van der Waals surface area contributed by atoms with Crippen LogP contribution in [0, 0.1) is 11.8 Å². The van der Waals surface area contributed by atoms with Crippen molar-refractivity contribution in [1.29, 1.82) is 0 Å². The molecule has 1 fully saturated rings.